The zero-order chi connectivity index (χ0) is 38.2. The lowest BCUT2D eigenvalue weighted by molar-refractivity contribution is -0.338. The van der Waals surface area contributed by atoms with Gasteiger partial charge in [-0.25, -0.2) is 4.79 Å². The standard InChI is InChI=1S/C37H56O16/c1-16(39)50-22-12-37(47)21-5-4-18-11-19(6-8-35(18,2)20(21)7-9-36(37,3)26(22)17-10-25(40)48-14-17)51-34-32(46)30(44)28(42)24(53-34)15-49-33-31(45)29(43)27(41)23(13-38)52-33/h10,18-24,26-34,38,41-47H,4-9,11-15H2,1-3H3/t18-,19+,20?,21?,22?,23-,24-,26?,27-,28-,29-,30-,31-,32-,33-,34-,35+,36-,37+/m1/s1. The van der Waals surface area contributed by atoms with Crippen molar-refractivity contribution in [1.29, 1.82) is 0 Å². The molecule has 4 saturated carbocycles. The normalized spacial score (nSPS) is 52.5. The van der Waals surface area contributed by atoms with Gasteiger partial charge in [-0.2, -0.15) is 0 Å². The lowest BCUT2D eigenvalue weighted by Gasteiger charge is -2.63. The molecule has 0 bridgehead atoms. The van der Waals surface area contributed by atoms with E-state index in [-0.39, 0.29) is 41.8 Å². The average Bonchev–Trinajstić information content (AvgIpc) is 3.63. The molecule has 4 unspecified atom stereocenters. The van der Waals surface area contributed by atoms with Crippen LogP contribution in [0.4, 0.5) is 0 Å². The second-order valence-electron chi connectivity index (χ2n) is 17.1. The molecule has 0 radical (unpaired) electrons. The maximum absolute atomic E-state index is 12.8. The number of aliphatic hydroxyl groups excluding tert-OH is 7. The Balaban J connectivity index is 1.01. The summed E-state index contributed by atoms with van der Waals surface area (Å²) in [6, 6.07) is 0. The van der Waals surface area contributed by atoms with E-state index in [1.165, 1.54) is 13.0 Å². The molecule has 19 atom stereocenters. The van der Waals surface area contributed by atoms with E-state index in [0.29, 0.717) is 25.7 Å². The van der Waals surface area contributed by atoms with E-state index in [2.05, 4.69) is 13.8 Å². The first kappa shape index (κ1) is 39.4. The number of esters is 2. The molecule has 2 saturated heterocycles. The van der Waals surface area contributed by atoms with Gasteiger partial charge in [0.15, 0.2) is 12.6 Å². The van der Waals surface area contributed by atoms with Gasteiger partial charge in [0.05, 0.1) is 24.9 Å². The Morgan fingerprint density at radius 1 is 0.868 bits per heavy atom. The quantitative estimate of drug-likeness (QED) is 0.107. The van der Waals surface area contributed by atoms with E-state index in [1.54, 1.807) is 0 Å². The van der Waals surface area contributed by atoms with Crippen molar-refractivity contribution in [2.45, 2.75) is 151 Å². The summed E-state index contributed by atoms with van der Waals surface area (Å²) in [5.41, 5.74) is -1.12. The van der Waals surface area contributed by atoms with Crippen LogP contribution in [-0.4, -0.2) is 152 Å². The summed E-state index contributed by atoms with van der Waals surface area (Å²) in [5, 5.41) is 85.0. The van der Waals surface area contributed by atoms with Gasteiger partial charge in [0.25, 0.3) is 0 Å². The van der Waals surface area contributed by atoms with Crippen LogP contribution in [0.15, 0.2) is 11.6 Å². The molecule has 53 heavy (non-hydrogen) atoms. The van der Waals surface area contributed by atoms with E-state index in [0.717, 1.165) is 31.3 Å². The Labute approximate surface area is 308 Å². The monoisotopic (exact) mass is 756 g/mol. The summed E-state index contributed by atoms with van der Waals surface area (Å²) in [5.74, 6) is -0.821. The van der Waals surface area contributed by atoms with Crippen LogP contribution >= 0.6 is 0 Å². The molecule has 300 valence electrons. The third-order valence-corrected chi connectivity index (χ3v) is 14.5. The van der Waals surface area contributed by atoms with Gasteiger partial charge < -0.3 is 69.3 Å². The second kappa shape index (κ2) is 14.6. The number of hydrogen-bond acceptors (Lipinski definition) is 16. The van der Waals surface area contributed by atoms with Gasteiger partial charge in [0, 0.05) is 30.8 Å². The van der Waals surface area contributed by atoms with E-state index in [9.17, 15) is 50.4 Å². The first-order valence-electron chi connectivity index (χ1n) is 19.1. The average molecular weight is 757 g/mol. The van der Waals surface area contributed by atoms with E-state index < -0.39 is 104 Å². The first-order chi connectivity index (χ1) is 25.0. The minimum atomic E-state index is -1.67. The SMILES string of the molecule is CC(=O)OC1C[C@]2(O)C3CC[C@@H]4C[C@@H](O[C@@H]5O[C@H](CO[C@@H]6O[C@H](CO)[C@@H](O)[C@@H](O)[C@H]6O)[C@@H](O)[C@@H](O)[C@H]5O)CC[C@]4(C)C3CC[C@]2(C)C1C1=CC(=O)OC1. The van der Waals surface area contributed by atoms with Gasteiger partial charge in [0.1, 0.15) is 61.5 Å². The summed E-state index contributed by atoms with van der Waals surface area (Å²) < 4.78 is 34.3. The van der Waals surface area contributed by atoms with Crippen LogP contribution in [0.3, 0.4) is 0 Å². The predicted octanol–water partition coefficient (Wildman–Crippen LogP) is -1.21. The number of ether oxygens (including phenoxy) is 6. The molecule has 7 rings (SSSR count). The highest BCUT2D eigenvalue weighted by molar-refractivity contribution is 5.85. The van der Waals surface area contributed by atoms with E-state index in [4.69, 9.17) is 28.4 Å². The van der Waals surface area contributed by atoms with Gasteiger partial charge >= 0.3 is 11.9 Å². The van der Waals surface area contributed by atoms with Crippen molar-refractivity contribution in [3.63, 3.8) is 0 Å². The van der Waals surface area contributed by atoms with Gasteiger partial charge in [0.2, 0.25) is 0 Å². The molecule has 0 amide bonds. The topological polar surface area (TPSA) is 251 Å². The number of carbonyl (C=O) groups excluding carboxylic acids is 2. The number of aliphatic hydroxyl groups is 8. The van der Waals surface area contributed by atoms with Crippen molar-refractivity contribution in [3.05, 3.63) is 11.6 Å². The van der Waals surface area contributed by atoms with Crippen molar-refractivity contribution >= 4 is 11.9 Å². The minimum Gasteiger partial charge on any atom is -0.462 e. The van der Waals surface area contributed by atoms with Crippen molar-refractivity contribution in [2.24, 2.45) is 34.5 Å². The van der Waals surface area contributed by atoms with Gasteiger partial charge in [-0.15, -0.1) is 0 Å². The van der Waals surface area contributed by atoms with Crippen molar-refractivity contribution in [1.82, 2.24) is 0 Å². The van der Waals surface area contributed by atoms with Crippen molar-refractivity contribution < 1.29 is 78.9 Å². The smallest absolute Gasteiger partial charge is 0.331 e. The van der Waals surface area contributed by atoms with Crippen LogP contribution < -0.4 is 0 Å². The number of fused-ring (bicyclic) bond motifs is 5. The number of rotatable bonds is 8. The molecule has 16 heteroatoms. The molecule has 0 aromatic carbocycles. The number of cyclic esters (lactones) is 1. The summed E-state index contributed by atoms with van der Waals surface area (Å²) in [6.45, 7) is 4.77. The summed E-state index contributed by atoms with van der Waals surface area (Å²) >= 11 is 0. The van der Waals surface area contributed by atoms with Gasteiger partial charge in [-0.1, -0.05) is 13.8 Å². The molecule has 3 heterocycles. The number of hydrogen-bond donors (Lipinski definition) is 8. The summed E-state index contributed by atoms with van der Waals surface area (Å²) in [6.07, 6.45) is -8.88. The zero-order valence-electron chi connectivity index (χ0n) is 30.4. The summed E-state index contributed by atoms with van der Waals surface area (Å²) in [7, 11) is 0. The minimum absolute atomic E-state index is 0.0498. The third kappa shape index (κ3) is 6.57. The molecule has 0 aromatic rings. The largest absolute Gasteiger partial charge is 0.462 e. The van der Waals surface area contributed by atoms with Crippen LogP contribution in [0.25, 0.3) is 0 Å². The Morgan fingerprint density at radius 2 is 1.55 bits per heavy atom. The number of carbonyl (C=O) groups is 2. The van der Waals surface area contributed by atoms with E-state index in [1.807, 2.05) is 0 Å². The molecule has 7 aliphatic rings. The zero-order valence-corrected chi connectivity index (χ0v) is 30.4. The van der Waals surface area contributed by atoms with Gasteiger partial charge in [-0.05, 0) is 73.7 Å². The molecule has 3 aliphatic heterocycles. The maximum Gasteiger partial charge on any atom is 0.331 e. The van der Waals surface area contributed by atoms with Crippen molar-refractivity contribution in [3.8, 4) is 0 Å². The molecular weight excluding hydrogens is 700 g/mol. The Kier molecular flexibility index (Phi) is 10.9. The van der Waals surface area contributed by atoms with Gasteiger partial charge in [-0.3, -0.25) is 4.79 Å². The molecule has 8 N–H and O–H groups in total. The Bertz CT molecular complexity index is 1410. The lowest BCUT2D eigenvalue weighted by Crippen LogP contribution is -2.63. The van der Waals surface area contributed by atoms with Crippen LogP contribution in [0, 0.1) is 34.5 Å². The van der Waals surface area contributed by atoms with E-state index >= 15 is 0 Å². The fraction of sp³-hybridized carbons (Fsp3) is 0.892. The first-order valence-corrected chi connectivity index (χ1v) is 19.1. The van der Waals surface area contributed by atoms with Crippen LogP contribution in [0.5, 0.6) is 0 Å². The lowest BCUT2D eigenvalue weighted by atomic mass is 9.43. The van der Waals surface area contributed by atoms with Crippen molar-refractivity contribution in [2.75, 3.05) is 19.8 Å². The van der Waals surface area contributed by atoms with Crippen LogP contribution in [-0.2, 0) is 38.0 Å². The highest BCUT2D eigenvalue weighted by atomic mass is 16.7. The fourth-order valence-electron chi connectivity index (χ4n) is 11.6. The molecule has 0 aromatic heterocycles. The Morgan fingerprint density at radius 3 is 2.21 bits per heavy atom. The maximum atomic E-state index is 12.8. The second-order valence-corrected chi connectivity index (χ2v) is 17.1. The summed E-state index contributed by atoms with van der Waals surface area (Å²) in [4.78, 5) is 24.3. The van der Waals surface area contributed by atoms with Crippen LogP contribution in [0.1, 0.15) is 72.1 Å². The highest BCUT2D eigenvalue weighted by Gasteiger charge is 2.71. The Hall–Kier alpha value is -1.80. The fourth-order valence-corrected chi connectivity index (χ4v) is 11.6. The predicted molar refractivity (Wildman–Crippen MR) is 178 cm³/mol. The molecule has 6 fully saturated rings. The molecule has 16 nitrogen and oxygen atoms in total. The molecule has 0 spiro atoms. The van der Waals surface area contributed by atoms with Crippen LogP contribution in [0.2, 0.25) is 0 Å². The highest BCUT2D eigenvalue weighted by Crippen LogP contribution is 2.70. The third-order valence-electron chi connectivity index (χ3n) is 14.5. The molecule has 4 aliphatic carbocycles. The molecular formula is C37H56O16.